The molecule has 0 aliphatic rings. The van der Waals surface area contributed by atoms with Gasteiger partial charge in [-0.05, 0) is 64.8 Å². The van der Waals surface area contributed by atoms with Crippen molar-refractivity contribution in [3.63, 3.8) is 0 Å². The van der Waals surface area contributed by atoms with Gasteiger partial charge in [-0.15, -0.1) is 0 Å². The van der Waals surface area contributed by atoms with Crippen LogP contribution in [0.2, 0.25) is 0 Å². The molecule has 0 radical (unpaired) electrons. The molecule has 2 aromatic rings. The van der Waals surface area contributed by atoms with Gasteiger partial charge in [0.15, 0.2) is 9.95 Å². The van der Waals surface area contributed by atoms with E-state index in [1.165, 1.54) is 11.4 Å². The van der Waals surface area contributed by atoms with Crippen LogP contribution in [0.5, 0.6) is 0 Å². The zero-order valence-electron chi connectivity index (χ0n) is 20.2. The van der Waals surface area contributed by atoms with Gasteiger partial charge in [-0.1, -0.05) is 0 Å². The van der Waals surface area contributed by atoms with Gasteiger partial charge in [-0.3, -0.25) is 0 Å². The van der Waals surface area contributed by atoms with Gasteiger partial charge in [-0.25, -0.2) is 0 Å². The van der Waals surface area contributed by atoms with Gasteiger partial charge >= 0.3 is 30.9 Å². The molecule has 0 heterocycles. The SMILES string of the molecule is CCN(CC)c1ccc([N+]#N)cc1C.CCN(CC)c1ccc([N+]#N)cc1C.[Cl-].[Cl-].[Cl-].[Cl-].[Zn+2]. The molecule has 0 aliphatic heterocycles. The zero-order chi connectivity index (χ0) is 21.1. The first-order valence-corrected chi connectivity index (χ1v) is 9.86. The van der Waals surface area contributed by atoms with Crippen molar-refractivity contribution in [1.29, 1.82) is 10.8 Å². The first-order chi connectivity index (χ1) is 13.4. The molecule has 0 fully saturated rings. The van der Waals surface area contributed by atoms with E-state index in [-0.39, 0.29) is 69.1 Å². The molecule has 33 heavy (non-hydrogen) atoms. The molecule has 0 aromatic heterocycles. The average Bonchev–Trinajstić information content (AvgIpc) is 2.72. The Hall–Kier alpha value is -1.34. The molecule has 0 N–H and O–H groups in total. The molecule has 0 spiro atoms. The van der Waals surface area contributed by atoms with Gasteiger partial charge < -0.3 is 59.4 Å². The number of anilines is 2. The quantitative estimate of drug-likeness (QED) is 0.250. The zero-order valence-corrected chi connectivity index (χ0v) is 26.2. The number of hydrogen-bond donors (Lipinski definition) is 0. The third-order valence-electron chi connectivity index (χ3n) is 4.80. The Morgan fingerprint density at radius 1 is 0.606 bits per heavy atom. The van der Waals surface area contributed by atoms with Crippen molar-refractivity contribution < 1.29 is 69.1 Å². The molecule has 0 bridgehead atoms. The van der Waals surface area contributed by atoms with Crippen molar-refractivity contribution in [1.82, 2.24) is 0 Å². The Kier molecular flexibility index (Phi) is 28.5. The average molecular weight is 588 g/mol. The molecule has 0 aliphatic carbocycles. The second-order valence-electron chi connectivity index (χ2n) is 6.49. The number of nitrogens with zero attached hydrogens (tertiary/aromatic N) is 6. The van der Waals surface area contributed by atoms with Gasteiger partial charge in [-0.2, -0.15) is 0 Å². The molecule has 2 aromatic carbocycles. The van der Waals surface area contributed by atoms with E-state index >= 15 is 0 Å². The fraction of sp³-hybridized carbons (Fsp3) is 0.455. The molecule has 11 heteroatoms. The Morgan fingerprint density at radius 2 is 0.879 bits per heavy atom. The molecule has 0 saturated heterocycles. The summed E-state index contributed by atoms with van der Waals surface area (Å²) in [6, 6.07) is 11.4. The van der Waals surface area contributed by atoms with Crippen molar-refractivity contribution >= 4 is 22.7 Å². The van der Waals surface area contributed by atoms with E-state index in [1.54, 1.807) is 0 Å². The maximum Gasteiger partial charge on any atom is 2.00 e. The Balaban J connectivity index is -0.000000138. The number of hydrogen-bond acceptors (Lipinski definition) is 4. The molecule has 0 unspecified atom stereocenters. The third-order valence-corrected chi connectivity index (χ3v) is 4.80. The first kappa shape index (κ1) is 41.9. The van der Waals surface area contributed by atoms with Crippen molar-refractivity contribution in [2.75, 3.05) is 36.0 Å². The number of aryl methyl sites for hydroxylation is 2. The van der Waals surface area contributed by atoms with Crippen LogP contribution >= 0.6 is 0 Å². The smallest absolute Gasteiger partial charge is 1.00 e. The van der Waals surface area contributed by atoms with E-state index in [4.69, 9.17) is 10.8 Å². The van der Waals surface area contributed by atoms with Crippen LogP contribution in [0.15, 0.2) is 36.4 Å². The Bertz CT molecular complexity index is 791. The summed E-state index contributed by atoms with van der Waals surface area (Å²) in [5, 5.41) is 17.2. The fourth-order valence-electron chi connectivity index (χ4n) is 3.24. The summed E-state index contributed by atoms with van der Waals surface area (Å²) in [5.74, 6) is 0. The summed E-state index contributed by atoms with van der Waals surface area (Å²) in [6.07, 6.45) is 0. The molecule has 0 saturated carbocycles. The van der Waals surface area contributed by atoms with Crippen LogP contribution in [0.3, 0.4) is 0 Å². The molecule has 180 valence electrons. The second kappa shape index (κ2) is 22.5. The van der Waals surface area contributed by atoms with Crippen molar-refractivity contribution in [2.24, 2.45) is 0 Å². The van der Waals surface area contributed by atoms with E-state index in [9.17, 15) is 0 Å². The number of benzene rings is 2. The van der Waals surface area contributed by atoms with Gasteiger partial charge in [0.1, 0.15) is 0 Å². The maximum atomic E-state index is 8.62. The van der Waals surface area contributed by atoms with E-state index in [0.29, 0.717) is 11.4 Å². The summed E-state index contributed by atoms with van der Waals surface area (Å²) in [5.41, 5.74) is 5.93. The summed E-state index contributed by atoms with van der Waals surface area (Å²) in [4.78, 5) is 10.9. The minimum absolute atomic E-state index is 0. The van der Waals surface area contributed by atoms with Crippen LogP contribution in [-0.4, -0.2) is 26.2 Å². The predicted molar refractivity (Wildman–Crippen MR) is 119 cm³/mol. The molecule has 2 rings (SSSR count). The van der Waals surface area contributed by atoms with Crippen molar-refractivity contribution in [2.45, 2.75) is 41.5 Å². The van der Waals surface area contributed by atoms with Crippen molar-refractivity contribution in [3.8, 4) is 0 Å². The second-order valence-corrected chi connectivity index (χ2v) is 6.49. The normalized spacial score (nSPS) is 8.12. The fourth-order valence-corrected chi connectivity index (χ4v) is 3.24. The number of diazo groups is 2. The van der Waals surface area contributed by atoms with Crippen LogP contribution < -0.4 is 59.4 Å². The standard InChI is InChI=1S/2C11H16N3.4ClH.Zn/c2*1-4-14(5-2)11-7-6-10(13-12)8-9(11)3;;;;;/h2*6-8H,4-5H2,1-3H3;4*1H;/q2*+1;;;;;+2/p-4. The van der Waals surface area contributed by atoms with E-state index in [1.807, 2.05) is 50.2 Å². The molecule has 0 amide bonds. The minimum Gasteiger partial charge on any atom is -1.00 e. The van der Waals surface area contributed by atoms with Crippen LogP contribution in [0.25, 0.3) is 9.95 Å². The number of rotatable bonds is 6. The topological polar surface area (TPSA) is 62.8 Å². The minimum atomic E-state index is 0. The molecule has 0 atom stereocenters. The summed E-state index contributed by atoms with van der Waals surface area (Å²) >= 11 is 0. The van der Waals surface area contributed by atoms with E-state index in [0.717, 1.165) is 37.3 Å². The molecular weight excluding hydrogens is 555 g/mol. The summed E-state index contributed by atoms with van der Waals surface area (Å²) in [6.45, 7) is 16.6. The maximum absolute atomic E-state index is 8.62. The summed E-state index contributed by atoms with van der Waals surface area (Å²) in [7, 11) is 0. The van der Waals surface area contributed by atoms with Crippen LogP contribution in [0, 0.1) is 24.6 Å². The van der Waals surface area contributed by atoms with Crippen LogP contribution in [0.4, 0.5) is 22.7 Å². The van der Waals surface area contributed by atoms with Gasteiger partial charge in [0.05, 0.1) is 0 Å². The third kappa shape index (κ3) is 12.6. The summed E-state index contributed by atoms with van der Waals surface area (Å²) < 4.78 is 0. The predicted octanol–water partition coefficient (Wildman–Crippen LogP) is -5.33. The number of halogens is 4. The monoisotopic (exact) mass is 584 g/mol. The van der Waals surface area contributed by atoms with E-state index < -0.39 is 0 Å². The first-order valence-electron chi connectivity index (χ1n) is 9.86. The van der Waals surface area contributed by atoms with E-state index in [2.05, 4.69) is 47.4 Å². The van der Waals surface area contributed by atoms with Crippen LogP contribution in [0.1, 0.15) is 38.8 Å². The molecule has 6 nitrogen and oxygen atoms in total. The Morgan fingerprint density at radius 3 is 1.06 bits per heavy atom. The van der Waals surface area contributed by atoms with Gasteiger partial charge in [0.25, 0.3) is 0 Å². The largest absolute Gasteiger partial charge is 2.00 e. The molecular formula is C22H32Cl4N6Zn. The van der Waals surface area contributed by atoms with Gasteiger partial charge in [0.2, 0.25) is 10.8 Å². The van der Waals surface area contributed by atoms with Crippen LogP contribution in [-0.2, 0) is 19.5 Å². The Labute approximate surface area is 236 Å². The van der Waals surface area contributed by atoms with Crippen molar-refractivity contribution in [3.05, 3.63) is 57.5 Å². The van der Waals surface area contributed by atoms with Gasteiger partial charge in [0, 0.05) is 61.8 Å².